The zero-order chi connectivity index (χ0) is 17.5. The lowest BCUT2D eigenvalue weighted by molar-refractivity contribution is -0.142. The van der Waals surface area contributed by atoms with Gasteiger partial charge in [-0.25, -0.2) is 4.39 Å². The molecule has 24 heavy (non-hydrogen) atoms. The molecule has 2 rings (SSSR count). The van der Waals surface area contributed by atoms with E-state index in [0.29, 0.717) is 5.56 Å². The van der Waals surface area contributed by atoms with Crippen molar-refractivity contribution in [3.8, 4) is 0 Å². The first kappa shape index (κ1) is 17.5. The van der Waals surface area contributed by atoms with Crippen LogP contribution in [0.25, 0.3) is 0 Å². The fraction of sp³-hybridized carbons (Fsp3) is 0.211. The van der Waals surface area contributed by atoms with E-state index in [1.165, 1.54) is 12.1 Å². The van der Waals surface area contributed by atoms with Crippen molar-refractivity contribution in [2.24, 2.45) is 0 Å². The van der Waals surface area contributed by atoms with E-state index in [4.69, 9.17) is 4.74 Å². The number of benzene rings is 2. The third-order valence-electron chi connectivity index (χ3n) is 3.46. The van der Waals surface area contributed by atoms with Crippen LogP contribution in [0.4, 0.5) is 4.39 Å². The molecule has 0 heterocycles. The van der Waals surface area contributed by atoms with Gasteiger partial charge in [0.2, 0.25) is 0 Å². The van der Waals surface area contributed by atoms with Gasteiger partial charge in [0.15, 0.2) is 18.2 Å². The molecule has 0 atom stereocenters. The number of aryl methyl sites for hydroxylation is 1. The largest absolute Gasteiger partial charge is 0.457 e. The minimum absolute atomic E-state index is 0.0205. The number of rotatable bonds is 7. The average molecular weight is 328 g/mol. The molecule has 0 N–H and O–H groups in total. The van der Waals surface area contributed by atoms with Gasteiger partial charge in [-0.1, -0.05) is 29.8 Å². The molecule has 2 aromatic carbocycles. The van der Waals surface area contributed by atoms with E-state index in [2.05, 4.69) is 0 Å². The second-order valence-corrected chi connectivity index (χ2v) is 5.38. The van der Waals surface area contributed by atoms with E-state index >= 15 is 0 Å². The highest BCUT2D eigenvalue weighted by molar-refractivity contribution is 5.99. The molecule has 0 aromatic heterocycles. The zero-order valence-electron chi connectivity index (χ0n) is 13.3. The number of ketones is 2. The van der Waals surface area contributed by atoms with Gasteiger partial charge in [0, 0.05) is 17.5 Å². The third-order valence-corrected chi connectivity index (χ3v) is 3.46. The Balaban J connectivity index is 1.77. The highest BCUT2D eigenvalue weighted by Crippen LogP contribution is 2.09. The van der Waals surface area contributed by atoms with Crippen molar-refractivity contribution < 1.29 is 23.5 Å². The lowest BCUT2D eigenvalue weighted by atomic mass is 10.1. The molecule has 2 aromatic rings. The number of carbonyl (C=O) groups is 3. The molecule has 0 spiro atoms. The van der Waals surface area contributed by atoms with Crippen molar-refractivity contribution in [3.63, 3.8) is 0 Å². The number of Topliss-reactive ketones (excluding diaryl/α,β-unsaturated/α-hetero) is 2. The van der Waals surface area contributed by atoms with Crippen molar-refractivity contribution in [1.29, 1.82) is 0 Å². The minimum Gasteiger partial charge on any atom is -0.457 e. The minimum atomic E-state index is -0.620. The summed E-state index contributed by atoms with van der Waals surface area (Å²) >= 11 is 0. The van der Waals surface area contributed by atoms with Crippen LogP contribution in [0.1, 0.15) is 39.1 Å². The Hall–Kier alpha value is -2.82. The fourth-order valence-electron chi connectivity index (χ4n) is 2.04. The van der Waals surface area contributed by atoms with Gasteiger partial charge in [0.05, 0.1) is 6.42 Å². The van der Waals surface area contributed by atoms with Crippen molar-refractivity contribution in [2.45, 2.75) is 19.8 Å². The summed E-state index contributed by atoms with van der Waals surface area (Å²) in [7, 11) is 0. The Bertz CT molecular complexity index is 669. The van der Waals surface area contributed by atoms with Gasteiger partial charge in [-0.2, -0.15) is 0 Å². The SMILES string of the molecule is Cc1ccc(C(=O)CCC(=O)OCC(=O)c2ccc(F)cc2)cc1. The maximum atomic E-state index is 12.8. The predicted molar refractivity (Wildman–Crippen MR) is 86.4 cm³/mol. The molecule has 0 radical (unpaired) electrons. The fourth-order valence-corrected chi connectivity index (χ4v) is 2.04. The Morgan fingerprint density at radius 2 is 1.38 bits per heavy atom. The molecular formula is C19H17FO4. The van der Waals surface area contributed by atoms with E-state index in [1.54, 1.807) is 12.1 Å². The lowest BCUT2D eigenvalue weighted by Crippen LogP contribution is -2.15. The molecule has 0 amide bonds. The summed E-state index contributed by atoms with van der Waals surface area (Å²) in [5, 5.41) is 0. The first-order valence-electron chi connectivity index (χ1n) is 7.50. The van der Waals surface area contributed by atoms with Crippen LogP contribution in [-0.4, -0.2) is 24.1 Å². The highest BCUT2D eigenvalue weighted by Gasteiger charge is 2.13. The van der Waals surface area contributed by atoms with Gasteiger partial charge >= 0.3 is 5.97 Å². The summed E-state index contributed by atoms with van der Waals surface area (Å²) in [6.45, 7) is 1.49. The van der Waals surface area contributed by atoms with Crippen LogP contribution < -0.4 is 0 Å². The van der Waals surface area contributed by atoms with E-state index in [1.807, 2.05) is 19.1 Å². The second kappa shape index (κ2) is 8.15. The number of carbonyl (C=O) groups excluding carboxylic acids is 3. The van der Waals surface area contributed by atoms with Crippen LogP contribution in [0, 0.1) is 12.7 Å². The molecule has 0 aliphatic heterocycles. The van der Waals surface area contributed by atoms with Gasteiger partial charge in [-0.15, -0.1) is 0 Å². The van der Waals surface area contributed by atoms with Crippen LogP contribution >= 0.6 is 0 Å². The number of ether oxygens (including phenoxy) is 1. The molecule has 0 saturated heterocycles. The molecule has 0 saturated carbocycles. The van der Waals surface area contributed by atoms with Gasteiger partial charge < -0.3 is 4.74 Å². The van der Waals surface area contributed by atoms with Crippen molar-refractivity contribution in [2.75, 3.05) is 6.61 Å². The molecule has 4 nitrogen and oxygen atoms in total. The number of esters is 1. The van der Waals surface area contributed by atoms with Crippen LogP contribution in [0.2, 0.25) is 0 Å². The summed E-state index contributed by atoms with van der Waals surface area (Å²) < 4.78 is 17.6. The Labute approximate surface area is 139 Å². The Morgan fingerprint density at radius 1 is 0.833 bits per heavy atom. The average Bonchev–Trinajstić information content (AvgIpc) is 2.58. The van der Waals surface area contributed by atoms with Gasteiger partial charge in [-0.3, -0.25) is 14.4 Å². The van der Waals surface area contributed by atoms with E-state index < -0.39 is 24.2 Å². The van der Waals surface area contributed by atoms with Crippen LogP contribution in [0.3, 0.4) is 0 Å². The first-order chi connectivity index (χ1) is 11.5. The number of halogens is 1. The van der Waals surface area contributed by atoms with Crippen molar-refractivity contribution in [3.05, 3.63) is 71.0 Å². The summed E-state index contributed by atoms with van der Waals surface area (Å²) in [6.07, 6.45) is -0.0734. The van der Waals surface area contributed by atoms with Crippen molar-refractivity contribution >= 4 is 17.5 Å². The summed E-state index contributed by atoms with van der Waals surface area (Å²) in [4.78, 5) is 35.4. The molecule has 124 valence electrons. The predicted octanol–water partition coefficient (Wildman–Crippen LogP) is 3.52. The Morgan fingerprint density at radius 3 is 2.00 bits per heavy atom. The third kappa shape index (κ3) is 5.12. The maximum Gasteiger partial charge on any atom is 0.306 e. The Kier molecular flexibility index (Phi) is 5.95. The van der Waals surface area contributed by atoms with Gasteiger partial charge in [-0.05, 0) is 31.2 Å². The topological polar surface area (TPSA) is 60.4 Å². The van der Waals surface area contributed by atoms with Crippen LogP contribution in [-0.2, 0) is 9.53 Å². The smallest absolute Gasteiger partial charge is 0.306 e. The molecular weight excluding hydrogens is 311 g/mol. The van der Waals surface area contributed by atoms with Gasteiger partial charge in [0.25, 0.3) is 0 Å². The molecule has 0 unspecified atom stereocenters. The zero-order valence-corrected chi connectivity index (χ0v) is 13.3. The number of hydrogen-bond acceptors (Lipinski definition) is 4. The molecule has 5 heteroatoms. The monoisotopic (exact) mass is 328 g/mol. The summed E-state index contributed by atoms with van der Waals surface area (Å²) in [5.41, 5.74) is 1.85. The van der Waals surface area contributed by atoms with E-state index in [0.717, 1.165) is 17.7 Å². The highest BCUT2D eigenvalue weighted by atomic mass is 19.1. The number of hydrogen-bond donors (Lipinski definition) is 0. The quantitative estimate of drug-likeness (QED) is 0.576. The van der Waals surface area contributed by atoms with Crippen LogP contribution in [0.15, 0.2) is 48.5 Å². The lowest BCUT2D eigenvalue weighted by Gasteiger charge is -2.05. The van der Waals surface area contributed by atoms with E-state index in [-0.39, 0.29) is 24.2 Å². The first-order valence-corrected chi connectivity index (χ1v) is 7.50. The van der Waals surface area contributed by atoms with E-state index in [9.17, 15) is 18.8 Å². The molecule has 0 aliphatic rings. The van der Waals surface area contributed by atoms with Crippen molar-refractivity contribution in [1.82, 2.24) is 0 Å². The summed E-state index contributed by atoms with van der Waals surface area (Å²) in [5.74, 6) is -1.64. The van der Waals surface area contributed by atoms with Gasteiger partial charge in [0.1, 0.15) is 5.82 Å². The standard InChI is InChI=1S/C19H17FO4/c1-13-2-4-14(5-3-13)17(21)10-11-19(23)24-12-18(22)15-6-8-16(20)9-7-15/h2-9H,10-12H2,1H3. The molecule has 0 fully saturated rings. The molecule has 0 aliphatic carbocycles. The second-order valence-electron chi connectivity index (χ2n) is 5.38. The molecule has 0 bridgehead atoms. The normalized spacial score (nSPS) is 10.2. The van der Waals surface area contributed by atoms with Crippen LogP contribution in [0.5, 0.6) is 0 Å². The maximum absolute atomic E-state index is 12.8. The summed E-state index contributed by atoms with van der Waals surface area (Å²) in [6, 6.07) is 12.0.